The van der Waals surface area contributed by atoms with Gasteiger partial charge in [0.25, 0.3) is 0 Å². The van der Waals surface area contributed by atoms with Gasteiger partial charge in [0.15, 0.2) is 5.16 Å². The fourth-order valence-corrected chi connectivity index (χ4v) is 2.78. The monoisotopic (exact) mass is 330 g/mol. The molecule has 2 aromatic rings. The number of nitrogens with one attached hydrogen (secondary N) is 1. The van der Waals surface area contributed by atoms with E-state index >= 15 is 0 Å². The van der Waals surface area contributed by atoms with Gasteiger partial charge in [-0.1, -0.05) is 35.0 Å². The Morgan fingerprint density at radius 1 is 1.35 bits per heavy atom. The van der Waals surface area contributed by atoms with E-state index in [9.17, 15) is 4.79 Å². The van der Waals surface area contributed by atoms with Gasteiger partial charge >= 0.3 is 0 Å². The first kappa shape index (κ1) is 15.2. The second kappa shape index (κ2) is 6.47. The zero-order valence-electron chi connectivity index (χ0n) is 10.8. The Morgan fingerprint density at radius 3 is 2.55 bits per heavy atom. The zero-order valence-corrected chi connectivity index (χ0v) is 13.1. The maximum absolute atomic E-state index is 12.1. The van der Waals surface area contributed by atoms with Crippen molar-refractivity contribution in [2.24, 2.45) is 7.05 Å². The molecule has 0 saturated carbocycles. The summed E-state index contributed by atoms with van der Waals surface area (Å²) in [5, 5.41) is 11.8. The molecule has 2 rings (SSSR count). The highest BCUT2D eigenvalue weighted by Crippen LogP contribution is 2.25. The maximum atomic E-state index is 12.1. The first-order valence-corrected chi connectivity index (χ1v) is 7.37. The molecule has 1 aromatic carbocycles. The Kier molecular flexibility index (Phi) is 4.91. The number of rotatable bonds is 4. The number of hydrogen-bond acceptors (Lipinski definition) is 4. The number of amides is 1. The van der Waals surface area contributed by atoms with Crippen molar-refractivity contribution in [3.63, 3.8) is 0 Å². The number of nitrogens with zero attached hydrogens (tertiary/aromatic N) is 3. The fraction of sp³-hybridized carbons (Fsp3) is 0.250. The molecule has 1 aromatic heterocycles. The third kappa shape index (κ3) is 3.88. The molecule has 0 fully saturated rings. The van der Waals surface area contributed by atoms with Gasteiger partial charge in [-0.15, -0.1) is 10.2 Å². The van der Waals surface area contributed by atoms with Gasteiger partial charge in [-0.2, -0.15) is 0 Å². The highest BCUT2D eigenvalue weighted by atomic mass is 35.5. The molecule has 0 aliphatic heterocycles. The second-order valence-corrected chi connectivity index (χ2v) is 6.31. The standard InChI is InChI=1S/C12H12Cl2N4OS/c1-7(20-12-17-15-6-18(12)2)11(19)16-10-4-8(13)3-9(14)5-10/h3-7H,1-2H3,(H,16,19)/t7-/m0/s1. The number of aryl methyl sites for hydroxylation is 1. The topological polar surface area (TPSA) is 59.8 Å². The van der Waals surface area contributed by atoms with E-state index in [1.54, 1.807) is 36.0 Å². The summed E-state index contributed by atoms with van der Waals surface area (Å²) in [6, 6.07) is 4.90. The molecule has 5 nitrogen and oxygen atoms in total. The van der Waals surface area contributed by atoms with Crippen molar-refractivity contribution >= 4 is 46.6 Å². The first-order chi connectivity index (χ1) is 9.45. The third-order valence-corrected chi connectivity index (χ3v) is 4.04. The van der Waals surface area contributed by atoms with E-state index in [2.05, 4.69) is 15.5 Å². The third-order valence-electron chi connectivity index (χ3n) is 2.45. The first-order valence-electron chi connectivity index (χ1n) is 5.73. The van der Waals surface area contributed by atoms with Crippen molar-refractivity contribution in [2.45, 2.75) is 17.3 Å². The zero-order chi connectivity index (χ0) is 14.7. The Morgan fingerprint density at radius 2 is 2.00 bits per heavy atom. The van der Waals surface area contributed by atoms with Gasteiger partial charge in [0.2, 0.25) is 5.91 Å². The number of anilines is 1. The van der Waals surface area contributed by atoms with Crippen LogP contribution in [0, 0.1) is 0 Å². The smallest absolute Gasteiger partial charge is 0.237 e. The summed E-state index contributed by atoms with van der Waals surface area (Å²) >= 11 is 13.1. The van der Waals surface area contributed by atoms with Crippen LogP contribution in [0.4, 0.5) is 5.69 Å². The molecule has 1 amide bonds. The fourth-order valence-electron chi connectivity index (χ4n) is 1.46. The SMILES string of the molecule is C[C@H](Sc1nncn1C)C(=O)Nc1cc(Cl)cc(Cl)c1. The van der Waals surface area contributed by atoms with Crippen molar-refractivity contribution in [3.8, 4) is 0 Å². The van der Waals surface area contributed by atoms with Gasteiger partial charge in [0, 0.05) is 22.8 Å². The number of halogens is 2. The van der Waals surface area contributed by atoms with Gasteiger partial charge in [-0.25, -0.2) is 0 Å². The molecule has 0 unspecified atom stereocenters. The number of thioether (sulfide) groups is 1. The lowest BCUT2D eigenvalue weighted by Gasteiger charge is -2.11. The molecule has 0 saturated heterocycles. The summed E-state index contributed by atoms with van der Waals surface area (Å²) in [6.45, 7) is 1.79. The van der Waals surface area contributed by atoms with E-state index in [4.69, 9.17) is 23.2 Å². The molecule has 0 aliphatic carbocycles. The number of hydrogen-bond donors (Lipinski definition) is 1. The van der Waals surface area contributed by atoms with E-state index < -0.39 is 0 Å². The molecule has 0 spiro atoms. The summed E-state index contributed by atoms with van der Waals surface area (Å²) in [5.41, 5.74) is 0.568. The van der Waals surface area contributed by atoms with E-state index in [1.807, 2.05) is 7.05 Å². The van der Waals surface area contributed by atoms with Gasteiger partial charge < -0.3 is 9.88 Å². The minimum atomic E-state index is -0.323. The minimum absolute atomic E-state index is 0.156. The quantitative estimate of drug-likeness (QED) is 0.874. The van der Waals surface area contributed by atoms with Crippen LogP contribution in [0.1, 0.15) is 6.92 Å². The van der Waals surface area contributed by atoms with E-state index in [0.29, 0.717) is 20.9 Å². The Bertz CT molecular complexity index is 611. The van der Waals surface area contributed by atoms with Gasteiger partial charge in [0.1, 0.15) is 6.33 Å². The van der Waals surface area contributed by atoms with E-state index in [0.717, 1.165) is 0 Å². The lowest BCUT2D eigenvalue weighted by atomic mass is 10.3. The molecular formula is C12H12Cl2N4OS. The molecule has 106 valence electrons. The predicted octanol–water partition coefficient (Wildman–Crippen LogP) is 3.24. The summed E-state index contributed by atoms with van der Waals surface area (Å²) in [4.78, 5) is 12.1. The van der Waals surface area contributed by atoms with Crippen LogP contribution in [0.15, 0.2) is 29.7 Å². The van der Waals surface area contributed by atoms with Crippen LogP contribution >= 0.6 is 35.0 Å². The van der Waals surface area contributed by atoms with Crippen molar-refractivity contribution in [3.05, 3.63) is 34.6 Å². The lowest BCUT2D eigenvalue weighted by molar-refractivity contribution is -0.115. The van der Waals surface area contributed by atoms with Gasteiger partial charge in [-0.3, -0.25) is 4.79 Å². The molecule has 8 heteroatoms. The summed E-state index contributed by atoms with van der Waals surface area (Å²) < 4.78 is 1.75. The minimum Gasteiger partial charge on any atom is -0.325 e. The number of carbonyl (C=O) groups is 1. The van der Waals surface area contributed by atoms with Crippen LogP contribution in [-0.2, 0) is 11.8 Å². The van der Waals surface area contributed by atoms with Crippen molar-refractivity contribution in [2.75, 3.05) is 5.32 Å². The van der Waals surface area contributed by atoms with E-state index in [-0.39, 0.29) is 11.2 Å². The van der Waals surface area contributed by atoms with Crippen LogP contribution in [0.25, 0.3) is 0 Å². The molecule has 0 radical (unpaired) electrons. The van der Waals surface area contributed by atoms with Crippen molar-refractivity contribution < 1.29 is 4.79 Å². The molecule has 1 N–H and O–H groups in total. The number of benzene rings is 1. The summed E-state index contributed by atoms with van der Waals surface area (Å²) in [6.07, 6.45) is 1.59. The normalized spacial score (nSPS) is 12.2. The summed E-state index contributed by atoms with van der Waals surface area (Å²) in [7, 11) is 1.82. The number of aromatic nitrogens is 3. The highest BCUT2D eigenvalue weighted by Gasteiger charge is 2.17. The lowest BCUT2D eigenvalue weighted by Crippen LogP contribution is -2.22. The molecule has 1 atom stereocenters. The molecule has 0 bridgehead atoms. The van der Waals surface area contributed by atoms with E-state index in [1.165, 1.54) is 11.8 Å². The summed E-state index contributed by atoms with van der Waals surface area (Å²) in [5.74, 6) is -0.156. The molecule has 20 heavy (non-hydrogen) atoms. The molecule has 0 aliphatic rings. The Hall–Kier alpha value is -1.24. The molecule has 1 heterocycles. The second-order valence-electron chi connectivity index (χ2n) is 4.13. The number of carbonyl (C=O) groups excluding carboxylic acids is 1. The van der Waals surface area contributed by atoms with Crippen LogP contribution in [0.2, 0.25) is 10.0 Å². The van der Waals surface area contributed by atoms with Gasteiger partial charge in [0.05, 0.1) is 5.25 Å². The highest BCUT2D eigenvalue weighted by molar-refractivity contribution is 8.00. The van der Waals surface area contributed by atoms with Gasteiger partial charge in [-0.05, 0) is 25.1 Å². The predicted molar refractivity (Wildman–Crippen MR) is 81.4 cm³/mol. The average molecular weight is 331 g/mol. The van der Waals surface area contributed by atoms with Crippen LogP contribution in [0.5, 0.6) is 0 Å². The maximum Gasteiger partial charge on any atom is 0.237 e. The Balaban J connectivity index is 2.02. The van der Waals surface area contributed by atoms with Crippen LogP contribution in [-0.4, -0.2) is 25.9 Å². The van der Waals surface area contributed by atoms with Crippen molar-refractivity contribution in [1.29, 1.82) is 0 Å². The van der Waals surface area contributed by atoms with Crippen molar-refractivity contribution in [1.82, 2.24) is 14.8 Å². The Labute approximate surface area is 130 Å². The van der Waals surface area contributed by atoms with Crippen LogP contribution in [0.3, 0.4) is 0 Å². The average Bonchev–Trinajstić information content (AvgIpc) is 2.73. The largest absolute Gasteiger partial charge is 0.325 e. The molecular weight excluding hydrogens is 319 g/mol. The van der Waals surface area contributed by atoms with Crippen LogP contribution < -0.4 is 5.32 Å².